The summed E-state index contributed by atoms with van der Waals surface area (Å²) in [6.07, 6.45) is 4.68. The normalized spacial score (nSPS) is 11.8. The summed E-state index contributed by atoms with van der Waals surface area (Å²) < 4.78 is 25.4. The highest BCUT2D eigenvalue weighted by atomic mass is 127. The predicted molar refractivity (Wildman–Crippen MR) is 117 cm³/mol. The maximum atomic E-state index is 11.4. The molecule has 0 unspecified atom stereocenters. The quantitative estimate of drug-likeness (QED) is 0.219. The molecule has 0 saturated heterocycles. The molecule has 0 atom stereocenters. The standard InChI is InChI=1S/C17H30N4O2S.HI/c1-14(2)9-7-8-12-19-17(18-3)20-13-15-10-5-6-11-16(15)21-24(4,22)23;/h5-6,10-11,14,21H,7-9,12-13H2,1-4H3,(H2,18,19,20);1H. The monoisotopic (exact) mass is 482 g/mol. The SMILES string of the molecule is CN=C(NCCCCC(C)C)NCc1ccccc1NS(C)(=O)=O.I. The van der Waals surface area contributed by atoms with Gasteiger partial charge in [0.1, 0.15) is 0 Å². The first-order valence-corrected chi connectivity index (χ1v) is 10.2. The first-order chi connectivity index (χ1) is 11.3. The van der Waals surface area contributed by atoms with Crippen molar-refractivity contribution in [3.8, 4) is 0 Å². The van der Waals surface area contributed by atoms with Crippen molar-refractivity contribution in [1.29, 1.82) is 0 Å². The van der Waals surface area contributed by atoms with E-state index < -0.39 is 10.0 Å². The molecule has 1 rings (SSSR count). The van der Waals surface area contributed by atoms with Crippen LogP contribution >= 0.6 is 24.0 Å². The van der Waals surface area contributed by atoms with E-state index in [1.54, 1.807) is 19.2 Å². The van der Waals surface area contributed by atoms with Gasteiger partial charge in [-0.2, -0.15) is 0 Å². The van der Waals surface area contributed by atoms with E-state index in [2.05, 4.69) is 34.2 Å². The summed E-state index contributed by atoms with van der Waals surface area (Å²) >= 11 is 0. The lowest BCUT2D eigenvalue weighted by Gasteiger charge is -2.14. The highest BCUT2D eigenvalue weighted by Crippen LogP contribution is 2.15. The smallest absolute Gasteiger partial charge is 0.229 e. The fourth-order valence-electron chi connectivity index (χ4n) is 2.26. The van der Waals surface area contributed by atoms with Crippen molar-refractivity contribution in [2.75, 3.05) is 24.6 Å². The highest BCUT2D eigenvalue weighted by Gasteiger charge is 2.07. The van der Waals surface area contributed by atoms with Crippen LogP contribution in [0.1, 0.15) is 38.7 Å². The fraction of sp³-hybridized carbons (Fsp3) is 0.588. The Morgan fingerprint density at radius 3 is 2.44 bits per heavy atom. The topological polar surface area (TPSA) is 82.6 Å². The van der Waals surface area contributed by atoms with Crippen molar-refractivity contribution in [3.63, 3.8) is 0 Å². The minimum Gasteiger partial charge on any atom is -0.356 e. The van der Waals surface area contributed by atoms with Crippen LogP contribution in [0.5, 0.6) is 0 Å². The van der Waals surface area contributed by atoms with E-state index in [1.165, 1.54) is 12.8 Å². The molecule has 0 aliphatic rings. The summed E-state index contributed by atoms with van der Waals surface area (Å²) in [6, 6.07) is 7.32. The Kier molecular flexibility index (Phi) is 11.8. The van der Waals surface area contributed by atoms with Crippen LogP contribution in [0.25, 0.3) is 0 Å². The molecule has 25 heavy (non-hydrogen) atoms. The second-order valence-electron chi connectivity index (χ2n) is 6.27. The second-order valence-corrected chi connectivity index (χ2v) is 8.02. The first-order valence-electron chi connectivity index (χ1n) is 8.32. The van der Waals surface area contributed by atoms with Gasteiger partial charge in [0, 0.05) is 20.1 Å². The third-order valence-electron chi connectivity index (χ3n) is 3.48. The largest absolute Gasteiger partial charge is 0.356 e. The number of guanidine groups is 1. The Labute approximate surface area is 169 Å². The van der Waals surface area contributed by atoms with E-state index in [9.17, 15) is 8.42 Å². The Morgan fingerprint density at radius 2 is 1.84 bits per heavy atom. The lowest BCUT2D eigenvalue weighted by atomic mass is 10.1. The number of hydrogen-bond acceptors (Lipinski definition) is 3. The van der Waals surface area contributed by atoms with Gasteiger partial charge in [-0.3, -0.25) is 9.71 Å². The number of hydrogen-bond donors (Lipinski definition) is 3. The van der Waals surface area contributed by atoms with Gasteiger partial charge in [0.05, 0.1) is 11.9 Å². The second kappa shape index (κ2) is 12.3. The Bertz CT molecular complexity index is 633. The Balaban J connectivity index is 0.00000576. The zero-order valence-electron chi connectivity index (χ0n) is 15.5. The van der Waals surface area contributed by atoms with Crippen LogP contribution in [0.15, 0.2) is 29.3 Å². The van der Waals surface area contributed by atoms with Crippen molar-refractivity contribution >= 4 is 45.6 Å². The third kappa shape index (κ3) is 11.2. The number of nitrogens with zero attached hydrogens (tertiary/aromatic N) is 1. The highest BCUT2D eigenvalue weighted by molar-refractivity contribution is 14.0. The lowest BCUT2D eigenvalue weighted by Crippen LogP contribution is -2.37. The number of anilines is 1. The molecule has 3 N–H and O–H groups in total. The van der Waals surface area contributed by atoms with E-state index in [1.807, 2.05) is 12.1 Å². The number of sulfonamides is 1. The number of rotatable bonds is 9. The molecule has 0 bridgehead atoms. The van der Waals surface area contributed by atoms with Crippen LogP contribution < -0.4 is 15.4 Å². The summed E-state index contributed by atoms with van der Waals surface area (Å²) in [6.45, 7) is 5.83. The maximum Gasteiger partial charge on any atom is 0.229 e. The maximum absolute atomic E-state index is 11.4. The minimum atomic E-state index is -3.30. The van der Waals surface area contributed by atoms with E-state index in [0.29, 0.717) is 18.2 Å². The average molecular weight is 482 g/mol. The van der Waals surface area contributed by atoms with E-state index in [4.69, 9.17) is 0 Å². The van der Waals surface area contributed by atoms with Crippen molar-refractivity contribution in [2.45, 2.75) is 39.7 Å². The summed E-state index contributed by atoms with van der Waals surface area (Å²) in [5.41, 5.74) is 1.45. The van der Waals surface area contributed by atoms with Crippen LogP contribution in [-0.2, 0) is 16.6 Å². The number of benzene rings is 1. The molecule has 0 amide bonds. The molecular formula is C17H31IN4O2S. The van der Waals surface area contributed by atoms with Crippen LogP contribution in [0.2, 0.25) is 0 Å². The summed E-state index contributed by atoms with van der Waals surface area (Å²) in [7, 11) is -1.57. The van der Waals surface area contributed by atoms with Gasteiger partial charge in [-0.25, -0.2) is 8.42 Å². The Morgan fingerprint density at radius 1 is 1.16 bits per heavy atom. The molecule has 144 valence electrons. The average Bonchev–Trinajstić information content (AvgIpc) is 2.49. The molecule has 0 radical (unpaired) electrons. The molecule has 0 aliphatic heterocycles. The fourth-order valence-corrected chi connectivity index (χ4v) is 2.86. The zero-order chi connectivity index (χ0) is 18.0. The van der Waals surface area contributed by atoms with Crippen molar-refractivity contribution in [3.05, 3.63) is 29.8 Å². The molecule has 1 aromatic rings. The van der Waals surface area contributed by atoms with Gasteiger partial charge in [-0.1, -0.05) is 44.9 Å². The van der Waals surface area contributed by atoms with Crippen molar-refractivity contribution in [2.24, 2.45) is 10.9 Å². The minimum absolute atomic E-state index is 0. The summed E-state index contributed by atoms with van der Waals surface area (Å²) in [5, 5.41) is 6.50. The first kappa shape index (κ1) is 24.0. The van der Waals surface area contributed by atoms with Crippen LogP contribution in [0, 0.1) is 5.92 Å². The molecule has 1 aromatic carbocycles. The lowest BCUT2D eigenvalue weighted by molar-refractivity contribution is 0.534. The zero-order valence-corrected chi connectivity index (χ0v) is 18.6. The van der Waals surface area contributed by atoms with Gasteiger partial charge in [-0.05, 0) is 24.0 Å². The number of para-hydroxylation sites is 1. The van der Waals surface area contributed by atoms with Crippen LogP contribution in [0.3, 0.4) is 0 Å². The molecule has 0 saturated carbocycles. The van der Waals surface area contributed by atoms with Gasteiger partial charge in [0.15, 0.2) is 5.96 Å². The van der Waals surface area contributed by atoms with Crippen LogP contribution in [-0.4, -0.2) is 34.2 Å². The third-order valence-corrected chi connectivity index (χ3v) is 4.07. The molecule has 6 nitrogen and oxygen atoms in total. The summed E-state index contributed by atoms with van der Waals surface area (Å²) in [4.78, 5) is 4.20. The molecule has 0 fully saturated rings. The number of halogens is 1. The number of nitrogens with one attached hydrogen (secondary N) is 3. The molecule has 0 spiro atoms. The van der Waals surface area contributed by atoms with Crippen molar-refractivity contribution in [1.82, 2.24) is 10.6 Å². The van der Waals surface area contributed by atoms with Gasteiger partial charge in [0.25, 0.3) is 0 Å². The van der Waals surface area contributed by atoms with Gasteiger partial charge in [0.2, 0.25) is 10.0 Å². The Hall–Kier alpha value is -1.03. The van der Waals surface area contributed by atoms with E-state index in [-0.39, 0.29) is 24.0 Å². The molecular weight excluding hydrogens is 451 g/mol. The van der Waals surface area contributed by atoms with E-state index in [0.717, 1.165) is 30.7 Å². The van der Waals surface area contributed by atoms with Crippen LogP contribution in [0.4, 0.5) is 5.69 Å². The molecule has 0 heterocycles. The predicted octanol–water partition coefficient (Wildman–Crippen LogP) is 3.17. The molecule has 8 heteroatoms. The molecule has 0 aliphatic carbocycles. The van der Waals surface area contributed by atoms with E-state index >= 15 is 0 Å². The summed E-state index contributed by atoms with van der Waals surface area (Å²) in [5.74, 6) is 1.45. The van der Waals surface area contributed by atoms with Gasteiger partial charge >= 0.3 is 0 Å². The van der Waals surface area contributed by atoms with Crippen molar-refractivity contribution < 1.29 is 8.42 Å². The number of unbranched alkanes of at least 4 members (excludes halogenated alkanes) is 1. The number of aliphatic imine (C=N–C) groups is 1. The van der Waals surface area contributed by atoms with Gasteiger partial charge < -0.3 is 10.6 Å². The molecule has 0 aromatic heterocycles. The van der Waals surface area contributed by atoms with Gasteiger partial charge in [-0.15, -0.1) is 24.0 Å².